The Balaban J connectivity index is 2.14. The van der Waals surface area contributed by atoms with E-state index >= 15 is 0 Å². The van der Waals surface area contributed by atoms with E-state index in [0.717, 1.165) is 42.2 Å². The molecule has 0 aromatic heterocycles. The highest BCUT2D eigenvalue weighted by atomic mass is 35.5. The van der Waals surface area contributed by atoms with E-state index < -0.39 is 0 Å². The molecule has 0 bridgehead atoms. The Morgan fingerprint density at radius 2 is 2.32 bits per heavy atom. The van der Waals surface area contributed by atoms with Crippen LogP contribution in [0.4, 0.5) is 5.69 Å². The topological polar surface area (TPSA) is 35.5 Å². The van der Waals surface area contributed by atoms with Crippen molar-refractivity contribution in [2.75, 3.05) is 24.5 Å². The molecular weight excluding hydrogens is 260 g/mol. The molecule has 1 saturated heterocycles. The van der Waals surface area contributed by atoms with Gasteiger partial charge in [0.15, 0.2) is 0 Å². The summed E-state index contributed by atoms with van der Waals surface area (Å²) in [5.74, 6) is 0. The standard InChI is InChI=1S/C15H23ClN2O/c1-3-17-11(2)14-7-6-12(9-15(14)16)18-8-4-5-13(19)10-18/h6-7,9,11,13,17,19H,3-5,8,10H2,1-2H3. The second-order valence-electron chi connectivity index (χ2n) is 5.23. The van der Waals surface area contributed by atoms with Gasteiger partial charge in [0.2, 0.25) is 0 Å². The van der Waals surface area contributed by atoms with Gasteiger partial charge in [-0.2, -0.15) is 0 Å². The zero-order valence-corrected chi connectivity index (χ0v) is 12.5. The number of β-amino-alcohol motifs (C(OH)–C–C–N with tert-alkyl or cyclic N) is 1. The van der Waals surface area contributed by atoms with Crippen LogP contribution in [0.3, 0.4) is 0 Å². The molecule has 3 nitrogen and oxygen atoms in total. The Morgan fingerprint density at radius 1 is 1.53 bits per heavy atom. The highest BCUT2D eigenvalue weighted by Gasteiger charge is 2.19. The van der Waals surface area contributed by atoms with E-state index in [0.29, 0.717) is 6.54 Å². The number of nitrogens with one attached hydrogen (secondary N) is 1. The monoisotopic (exact) mass is 282 g/mol. The Hall–Kier alpha value is -0.770. The number of piperidine rings is 1. The van der Waals surface area contributed by atoms with Crippen LogP contribution in [0.25, 0.3) is 0 Å². The molecule has 0 aliphatic carbocycles. The number of aliphatic hydroxyl groups is 1. The van der Waals surface area contributed by atoms with Crippen LogP contribution in [0.1, 0.15) is 38.3 Å². The van der Waals surface area contributed by atoms with Gasteiger partial charge in [0.25, 0.3) is 0 Å². The molecule has 2 N–H and O–H groups in total. The number of rotatable bonds is 4. The van der Waals surface area contributed by atoms with Crippen molar-refractivity contribution in [2.45, 2.75) is 38.8 Å². The van der Waals surface area contributed by atoms with Crippen molar-refractivity contribution in [2.24, 2.45) is 0 Å². The summed E-state index contributed by atoms with van der Waals surface area (Å²) in [7, 11) is 0. The van der Waals surface area contributed by atoms with Crippen molar-refractivity contribution < 1.29 is 5.11 Å². The maximum absolute atomic E-state index is 9.74. The van der Waals surface area contributed by atoms with E-state index in [9.17, 15) is 5.11 Å². The van der Waals surface area contributed by atoms with Gasteiger partial charge in [-0.3, -0.25) is 0 Å². The lowest BCUT2D eigenvalue weighted by molar-refractivity contribution is 0.154. The number of benzene rings is 1. The molecule has 106 valence electrons. The average molecular weight is 283 g/mol. The van der Waals surface area contributed by atoms with Crippen LogP contribution in [0.2, 0.25) is 5.02 Å². The fourth-order valence-corrected chi connectivity index (χ4v) is 3.01. The smallest absolute Gasteiger partial charge is 0.0715 e. The second-order valence-corrected chi connectivity index (χ2v) is 5.63. The Kier molecular flexibility index (Phi) is 5.08. The highest BCUT2D eigenvalue weighted by molar-refractivity contribution is 6.31. The maximum atomic E-state index is 9.74. The SMILES string of the molecule is CCNC(C)c1ccc(N2CCCC(O)C2)cc1Cl. The second kappa shape index (κ2) is 6.60. The zero-order valence-electron chi connectivity index (χ0n) is 11.7. The molecule has 4 heteroatoms. The molecule has 1 aromatic rings. The van der Waals surface area contributed by atoms with Gasteiger partial charge in [-0.05, 0) is 44.0 Å². The summed E-state index contributed by atoms with van der Waals surface area (Å²) in [6.45, 7) is 6.84. The highest BCUT2D eigenvalue weighted by Crippen LogP contribution is 2.29. The molecule has 0 amide bonds. The van der Waals surface area contributed by atoms with Crippen LogP contribution < -0.4 is 10.2 Å². The van der Waals surface area contributed by atoms with Gasteiger partial charge in [-0.25, -0.2) is 0 Å². The minimum Gasteiger partial charge on any atom is -0.391 e. The van der Waals surface area contributed by atoms with Crippen LogP contribution in [-0.4, -0.2) is 30.8 Å². The summed E-state index contributed by atoms with van der Waals surface area (Å²) < 4.78 is 0. The quantitative estimate of drug-likeness (QED) is 0.891. The fourth-order valence-electron chi connectivity index (χ4n) is 2.67. The first-order valence-electron chi connectivity index (χ1n) is 7.07. The van der Waals surface area contributed by atoms with Gasteiger partial charge < -0.3 is 15.3 Å². The summed E-state index contributed by atoms with van der Waals surface area (Å²) in [4.78, 5) is 2.21. The predicted molar refractivity (Wildman–Crippen MR) is 81.0 cm³/mol. The number of nitrogens with zero attached hydrogens (tertiary/aromatic N) is 1. The van der Waals surface area contributed by atoms with Crippen LogP contribution in [0.5, 0.6) is 0 Å². The molecule has 0 radical (unpaired) electrons. The third kappa shape index (κ3) is 3.62. The van der Waals surface area contributed by atoms with E-state index in [1.807, 2.05) is 6.07 Å². The third-order valence-electron chi connectivity index (χ3n) is 3.72. The van der Waals surface area contributed by atoms with Crippen LogP contribution in [0.15, 0.2) is 18.2 Å². The largest absolute Gasteiger partial charge is 0.391 e. The van der Waals surface area contributed by atoms with Crippen LogP contribution in [0, 0.1) is 0 Å². The Morgan fingerprint density at radius 3 is 2.95 bits per heavy atom. The van der Waals surface area contributed by atoms with Gasteiger partial charge >= 0.3 is 0 Å². The van der Waals surface area contributed by atoms with Gasteiger partial charge in [-0.1, -0.05) is 24.6 Å². The molecule has 1 fully saturated rings. The summed E-state index contributed by atoms with van der Waals surface area (Å²) in [6, 6.07) is 6.47. The maximum Gasteiger partial charge on any atom is 0.0715 e. The van der Waals surface area contributed by atoms with Gasteiger partial charge in [0, 0.05) is 29.8 Å². The number of anilines is 1. The number of hydrogen-bond acceptors (Lipinski definition) is 3. The van der Waals surface area contributed by atoms with E-state index in [-0.39, 0.29) is 12.1 Å². The summed E-state index contributed by atoms with van der Waals surface area (Å²) >= 11 is 6.39. The Labute approximate surface area is 120 Å². The first-order valence-corrected chi connectivity index (χ1v) is 7.45. The molecule has 1 aliphatic rings. The molecule has 2 atom stereocenters. The van der Waals surface area contributed by atoms with Crippen LogP contribution >= 0.6 is 11.6 Å². The minimum absolute atomic E-state index is 0.215. The molecule has 0 spiro atoms. The number of halogens is 1. The first kappa shape index (κ1) is 14.6. The third-order valence-corrected chi connectivity index (χ3v) is 4.05. The number of aliphatic hydroxyl groups excluding tert-OH is 1. The van der Waals surface area contributed by atoms with Crippen molar-refractivity contribution in [1.82, 2.24) is 5.32 Å². The molecule has 19 heavy (non-hydrogen) atoms. The first-order chi connectivity index (χ1) is 9.11. The predicted octanol–water partition coefficient (Wildman–Crippen LogP) is 2.97. The lowest BCUT2D eigenvalue weighted by Crippen LogP contribution is -2.38. The lowest BCUT2D eigenvalue weighted by Gasteiger charge is -2.32. The number of hydrogen-bond donors (Lipinski definition) is 2. The van der Waals surface area contributed by atoms with Crippen LogP contribution in [-0.2, 0) is 0 Å². The van der Waals surface area contributed by atoms with Gasteiger partial charge in [0.05, 0.1) is 6.10 Å². The fraction of sp³-hybridized carbons (Fsp3) is 0.600. The van der Waals surface area contributed by atoms with Gasteiger partial charge in [-0.15, -0.1) is 0 Å². The molecule has 2 rings (SSSR count). The van der Waals surface area contributed by atoms with Crippen molar-refractivity contribution >= 4 is 17.3 Å². The van der Waals surface area contributed by atoms with Gasteiger partial charge in [0.1, 0.15) is 0 Å². The summed E-state index contributed by atoms with van der Waals surface area (Å²) in [6.07, 6.45) is 1.72. The van der Waals surface area contributed by atoms with E-state index in [1.54, 1.807) is 0 Å². The molecule has 1 aromatic carbocycles. The molecule has 0 saturated carbocycles. The molecule has 1 aliphatic heterocycles. The average Bonchev–Trinajstić information content (AvgIpc) is 2.38. The van der Waals surface area contributed by atoms with Crippen molar-refractivity contribution in [3.63, 3.8) is 0 Å². The molecule has 2 unspecified atom stereocenters. The molecular formula is C15H23ClN2O. The van der Waals surface area contributed by atoms with Crippen molar-refractivity contribution in [3.05, 3.63) is 28.8 Å². The van der Waals surface area contributed by atoms with E-state index in [2.05, 4.69) is 36.2 Å². The Bertz CT molecular complexity index is 425. The summed E-state index contributed by atoms with van der Waals surface area (Å²) in [5.41, 5.74) is 2.24. The van der Waals surface area contributed by atoms with Crippen molar-refractivity contribution in [1.29, 1.82) is 0 Å². The molecule has 1 heterocycles. The lowest BCUT2D eigenvalue weighted by atomic mass is 10.0. The minimum atomic E-state index is -0.215. The van der Waals surface area contributed by atoms with E-state index in [1.165, 1.54) is 0 Å². The van der Waals surface area contributed by atoms with E-state index in [4.69, 9.17) is 11.6 Å². The normalized spacial score (nSPS) is 21.5. The summed E-state index contributed by atoms with van der Waals surface area (Å²) in [5, 5.41) is 13.9. The zero-order chi connectivity index (χ0) is 13.8. The van der Waals surface area contributed by atoms with Crippen molar-refractivity contribution in [3.8, 4) is 0 Å².